The monoisotopic (exact) mass is 622 g/mol. The summed E-state index contributed by atoms with van der Waals surface area (Å²) in [6.45, 7) is -0.557. The second-order valence-electron chi connectivity index (χ2n) is 10.2. The summed E-state index contributed by atoms with van der Waals surface area (Å²) in [4.78, 5) is 25.6. The molecule has 1 aromatic heterocycles. The van der Waals surface area contributed by atoms with Crippen molar-refractivity contribution in [3.63, 3.8) is 0 Å². The van der Waals surface area contributed by atoms with Gasteiger partial charge >= 0.3 is 5.97 Å². The third-order valence-corrected chi connectivity index (χ3v) is 7.37. The van der Waals surface area contributed by atoms with Gasteiger partial charge in [0.05, 0.1) is 19.8 Å². The van der Waals surface area contributed by atoms with Gasteiger partial charge in [-0.3, -0.25) is 4.79 Å². The highest BCUT2D eigenvalue weighted by Crippen LogP contribution is 2.45. The van der Waals surface area contributed by atoms with Gasteiger partial charge in [0.1, 0.15) is 71.1 Å². The number of aromatic hydroxyl groups is 3. The minimum atomic E-state index is -1.81. The van der Waals surface area contributed by atoms with Crippen molar-refractivity contribution < 1.29 is 58.8 Å². The van der Waals surface area contributed by atoms with E-state index in [1.54, 1.807) is 0 Å². The van der Waals surface area contributed by atoms with Crippen molar-refractivity contribution in [1.82, 2.24) is 0 Å². The second-order valence-corrected chi connectivity index (χ2v) is 10.2. The van der Waals surface area contributed by atoms with E-state index in [-0.39, 0.29) is 45.3 Å². The molecule has 5 unspecified atom stereocenters. The van der Waals surface area contributed by atoms with Gasteiger partial charge in [-0.1, -0.05) is 6.07 Å². The Morgan fingerprint density at radius 3 is 2.29 bits per heavy atom. The fourth-order valence-corrected chi connectivity index (χ4v) is 5.01. The van der Waals surface area contributed by atoms with Gasteiger partial charge in [-0.2, -0.15) is 0 Å². The molecule has 45 heavy (non-hydrogen) atoms. The molecule has 0 saturated carbocycles. The van der Waals surface area contributed by atoms with Crippen LogP contribution in [0.25, 0.3) is 28.4 Å². The van der Waals surface area contributed by atoms with Crippen molar-refractivity contribution >= 4 is 23.0 Å². The molecule has 13 heteroatoms. The van der Waals surface area contributed by atoms with Gasteiger partial charge < -0.3 is 54.0 Å². The molecule has 0 amide bonds. The molecule has 5 rings (SSSR count). The lowest BCUT2D eigenvalue weighted by Crippen LogP contribution is -2.55. The van der Waals surface area contributed by atoms with Gasteiger partial charge in [-0.25, -0.2) is 4.79 Å². The average molecular weight is 623 g/mol. The van der Waals surface area contributed by atoms with E-state index in [2.05, 4.69) is 0 Å². The normalized spacial score (nSPS) is 21.6. The van der Waals surface area contributed by atoms with E-state index >= 15 is 0 Å². The van der Waals surface area contributed by atoms with Crippen LogP contribution < -0.4 is 14.9 Å². The molecule has 5 atom stereocenters. The van der Waals surface area contributed by atoms with Crippen LogP contribution in [-0.4, -0.2) is 81.9 Å². The fourth-order valence-electron chi connectivity index (χ4n) is 5.01. The molecule has 2 heterocycles. The molecule has 1 saturated heterocycles. The number of ether oxygens (including phenoxy) is 4. The first-order chi connectivity index (χ1) is 21.5. The minimum Gasteiger partial charge on any atom is -0.508 e. The third-order valence-electron chi connectivity index (χ3n) is 7.37. The van der Waals surface area contributed by atoms with Crippen LogP contribution in [0.1, 0.15) is 17.2 Å². The largest absolute Gasteiger partial charge is 0.508 e. The first-order valence-electron chi connectivity index (χ1n) is 13.6. The van der Waals surface area contributed by atoms with E-state index in [9.17, 15) is 40.2 Å². The number of phenolic OH excluding ortho intramolecular Hbond substituents is 3. The molecule has 4 aromatic rings. The van der Waals surface area contributed by atoms with Crippen LogP contribution in [0, 0.1) is 0 Å². The number of fused-ring (bicyclic) bond motifs is 1. The van der Waals surface area contributed by atoms with Crippen molar-refractivity contribution in [1.29, 1.82) is 0 Å². The highest BCUT2D eigenvalue weighted by Gasteiger charge is 2.47. The van der Waals surface area contributed by atoms with E-state index in [4.69, 9.17) is 23.4 Å². The summed E-state index contributed by atoms with van der Waals surface area (Å²) >= 11 is 0. The number of carbonyl (C=O) groups is 1. The summed E-state index contributed by atoms with van der Waals surface area (Å²) in [6.07, 6.45) is -5.71. The Hall–Kier alpha value is -5.08. The molecule has 6 N–H and O–H groups in total. The zero-order chi connectivity index (χ0) is 32.4. The maximum Gasteiger partial charge on any atom is 0.330 e. The highest BCUT2D eigenvalue weighted by atomic mass is 16.6. The Kier molecular flexibility index (Phi) is 8.97. The first-order valence-corrected chi connectivity index (χ1v) is 13.6. The fraction of sp³-hybridized carbons (Fsp3) is 0.250. The Morgan fingerprint density at radius 2 is 1.60 bits per heavy atom. The Morgan fingerprint density at radius 1 is 0.889 bits per heavy atom. The predicted octanol–water partition coefficient (Wildman–Crippen LogP) is 2.37. The maximum atomic E-state index is 13.2. The molecule has 0 aliphatic carbocycles. The number of hydrogen-bond donors (Lipinski definition) is 6. The summed E-state index contributed by atoms with van der Waals surface area (Å²) in [5.74, 6) is -1.26. The summed E-state index contributed by atoms with van der Waals surface area (Å²) in [5, 5.41) is 62.4. The van der Waals surface area contributed by atoms with Crippen molar-refractivity contribution in [3.05, 3.63) is 82.0 Å². The summed E-state index contributed by atoms with van der Waals surface area (Å²) in [7, 11) is 2.64. The SMILES string of the molecule is COc1cc(C=CC(=O)OCC2OC(c3c(OC)cc4oc(-c5ccc(O)cc5)cc(=O)c4c3O)C(O)C(O)C2O)ccc1O. The third kappa shape index (κ3) is 6.28. The van der Waals surface area contributed by atoms with Gasteiger partial charge in [0.2, 0.25) is 0 Å². The van der Waals surface area contributed by atoms with E-state index < -0.39 is 54.3 Å². The predicted molar refractivity (Wildman–Crippen MR) is 158 cm³/mol. The Bertz CT molecular complexity index is 1790. The Balaban J connectivity index is 1.41. The van der Waals surface area contributed by atoms with E-state index in [0.29, 0.717) is 11.1 Å². The number of esters is 1. The number of aliphatic hydroxyl groups excluding tert-OH is 3. The lowest BCUT2D eigenvalue weighted by molar-refractivity contribution is -0.234. The maximum absolute atomic E-state index is 13.2. The van der Waals surface area contributed by atoms with Crippen LogP contribution in [-0.2, 0) is 14.3 Å². The lowest BCUT2D eigenvalue weighted by atomic mass is 9.89. The van der Waals surface area contributed by atoms with Crippen LogP contribution in [0.15, 0.2) is 69.9 Å². The van der Waals surface area contributed by atoms with Crippen molar-refractivity contribution in [2.24, 2.45) is 0 Å². The summed E-state index contributed by atoms with van der Waals surface area (Å²) in [5.41, 5.74) is 0.0963. The highest BCUT2D eigenvalue weighted by molar-refractivity contribution is 5.88. The van der Waals surface area contributed by atoms with Gasteiger partial charge in [-0.15, -0.1) is 0 Å². The number of phenols is 3. The van der Waals surface area contributed by atoms with Gasteiger partial charge in [0.15, 0.2) is 16.9 Å². The zero-order valence-electron chi connectivity index (χ0n) is 24.0. The Labute approximate surface area is 255 Å². The molecule has 236 valence electrons. The smallest absolute Gasteiger partial charge is 0.330 e. The zero-order valence-corrected chi connectivity index (χ0v) is 24.0. The van der Waals surface area contributed by atoms with Crippen LogP contribution >= 0.6 is 0 Å². The molecule has 0 bridgehead atoms. The second kappa shape index (κ2) is 12.9. The molecule has 1 fully saturated rings. The number of hydrogen-bond acceptors (Lipinski definition) is 13. The van der Waals surface area contributed by atoms with Gasteiger partial charge in [0.25, 0.3) is 0 Å². The van der Waals surface area contributed by atoms with Crippen LogP contribution in [0.5, 0.6) is 28.7 Å². The molecule has 13 nitrogen and oxygen atoms in total. The number of carbonyl (C=O) groups excluding carboxylic acids is 1. The van der Waals surface area contributed by atoms with Gasteiger partial charge in [0, 0.05) is 23.8 Å². The summed E-state index contributed by atoms with van der Waals surface area (Å²) in [6, 6.07) is 12.8. The molecule has 3 aromatic carbocycles. The van der Waals surface area contributed by atoms with E-state index in [1.165, 1.54) is 68.8 Å². The molecule has 1 aliphatic heterocycles. The van der Waals surface area contributed by atoms with Crippen LogP contribution in [0.3, 0.4) is 0 Å². The van der Waals surface area contributed by atoms with E-state index in [0.717, 1.165) is 12.1 Å². The summed E-state index contributed by atoms with van der Waals surface area (Å²) < 4.78 is 27.4. The quantitative estimate of drug-likeness (QED) is 0.123. The van der Waals surface area contributed by atoms with Crippen molar-refractivity contribution in [2.75, 3.05) is 20.8 Å². The molecule has 0 spiro atoms. The minimum absolute atomic E-state index is 0.0175. The topological polar surface area (TPSA) is 206 Å². The van der Waals surface area contributed by atoms with E-state index in [1.807, 2.05) is 0 Å². The molecule has 0 radical (unpaired) electrons. The first kappa shape index (κ1) is 31.3. The van der Waals surface area contributed by atoms with Crippen LogP contribution in [0.4, 0.5) is 0 Å². The average Bonchev–Trinajstić information content (AvgIpc) is 3.03. The lowest BCUT2D eigenvalue weighted by Gasteiger charge is -2.41. The molecule has 1 aliphatic rings. The molecular weight excluding hydrogens is 592 g/mol. The van der Waals surface area contributed by atoms with Crippen molar-refractivity contribution in [3.8, 4) is 40.1 Å². The standard InChI is InChI=1S/C32H30O13/c1-41-21-11-15(3-9-18(21)34)4-10-25(36)43-14-24-28(37)30(39)31(40)32(45-24)27-22(42-2)13-23-26(29(27)38)19(35)12-20(44-23)16-5-7-17(33)8-6-16/h3-13,24,28,30-34,37-40H,14H2,1-2H3. The number of methoxy groups -OCH3 is 2. The number of rotatable bonds is 8. The van der Waals surface area contributed by atoms with Crippen molar-refractivity contribution in [2.45, 2.75) is 30.5 Å². The molecular formula is C32H30O13. The number of aliphatic hydroxyl groups is 3. The van der Waals surface area contributed by atoms with Gasteiger partial charge in [-0.05, 0) is 48.0 Å². The number of benzene rings is 3. The van der Waals surface area contributed by atoms with Crippen LogP contribution in [0.2, 0.25) is 0 Å².